The Kier molecular flexibility index (Phi) is 5.37. The van der Waals surface area contributed by atoms with E-state index in [0.717, 1.165) is 6.26 Å². The largest absolute Gasteiger partial charge is 0.332 e. The van der Waals surface area contributed by atoms with Gasteiger partial charge in [-0.05, 0) is 24.3 Å². The number of nitrogens with one attached hydrogen (secondary N) is 1. The molecule has 1 atom stereocenters. The van der Waals surface area contributed by atoms with Gasteiger partial charge in [-0.25, -0.2) is 8.42 Å². The smallest absolute Gasteiger partial charge is 0.252 e. The zero-order valence-electron chi connectivity index (χ0n) is 9.53. The van der Waals surface area contributed by atoms with Crippen LogP contribution in [0.2, 0.25) is 5.02 Å². The van der Waals surface area contributed by atoms with Crippen LogP contribution in [0.3, 0.4) is 0 Å². The van der Waals surface area contributed by atoms with E-state index in [2.05, 4.69) is 5.32 Å². The number of alkyl halides is 3. The van der Waals surface area contributed by atoms with Crippen molar-refractivity contribution in [2.75, 3.05) is 6.26 Å². The topological polar surface area (TPSA) is 63.2 Å². The first-order valence-electron chi connectivity index (χ1n) is 4.84. The number of rotatable bonds is 3. The van der Waals surface area contributed by atoms with E-state index in [0.29, 0.717) is 5.02 Å². The number of hydrogen-bond acceptors (Lipinski definition) is 3. The standard InChI is InChI=1S/C10H9Cl4NO3S/c1-19(17,18)9(10(12,13)14)15-8(16)6-2-4-7(11)5-3-6/h2-5,9H,1H3,(H,15,16)/t9-/m1/s1. The second kappa shape index (κ2) is 6.06. The van der Waals surface area contributed by atoms with Crippen LogP contribution in [-0.4, -0.2) is 29.7 Å². The molecule has 4 nitrogen and oxygen atoms in total. The van der Waals surface area contributed by atoms with Crippen LogP contribution in [0.15, 0.2) is 24.3 Å². The van der Waals surface area contributed by atoms with Gasteiger partial charge >= 0.3 is 0 Å². The number of hydrogen-bond donors (Lipinski definition) is 1. The van der Waals surface area contributed by atoms with Crippen LogP contribution in [0.4, 0.5) is 0 Å². The summed E-state index contributed by atoms with van der Waals surface area (Å²) in [4.78, 5) is 11.9. The SMILES string of the molecule is CS(=O)(=O)[C@@H](NC(=O)c1ccc(Cl)cc1)C(Cl)(Cl)Cl. The molecule has 0 heterocycles. The summed E-state index contributed by atoms with van der Waals surface area (Å²) in [6.45, 7) is 0. The van der Waals surface area contributed by atoms with Gasteiger partial charge in [-0.3, -0.25) is 4.79 Å². The molecule has 0 spiro atoms. The maximum atomic E-state index is 11.9. The second-order valence-electron chi connectivity index (χ2n) is 3.73. The number of carbonyl (C=O) groups is 1. The van der Waals surface area contributed by atoms with Crippen LogP contribution in [0, 0.1) is 0 Å². The summed E-state index contributed by atoms with van der Waals surface area (Å²) in [7, 11) is -3.79. The average molecular weight is 365 g/mol. The third-order valence-corrected chi connectivity index (χ3v) is 4.72. The van der Waals surface area contributed by atoms with Crippen molar-refractivity contribution in [2.45, 2.75) is 9.17 Å². The number of amides is 1. The van der Waals surface area contributed by atoms with E-state index in [9.17, 15) is 13.2 Å². The van der Waals surface area contributed by atoms with Gasteiger partial charge in [-0.15, -0.1) is 0 Å². The van der Waals surface area contributed by atoms with Crippen LogP contribution in [0.25, 0.3) is 0 Å². The van der Waals surface area contributed by atoms with E-state index >= 15 is 0 Å². The first kappa shape index (κ1) is 16.9. The molecule has 0 radical (unpaired) electrons. The van der Waals surface area contributed by atoms with Gasteiger partial charge in [-0.2, -0.15) is 0 Å². The molecule has 9 heteroatoms. The van der Waals surface area contributed by atoms with Crippen molar-refractivity contribution in [2.24, 2.45) is 0 Å². The van der Waals surface area contributed by atoms with Crippen LogP contribution >= 0.6 is 46.4 Å². The molecular weight excluding hydrogens is 356 g/mol. The Balaban J connectivity index is 2.99. The zero-order valence-corrected chi connectivity index (χ0v) is 13.4. The van der Waals surface area contributed by atoms with Crippen molar-refractivity contribution in [1.29, 1.82) is 0 Å². The van der Waals surface area contributed by atoms with E-state index in [4.69, 9.17) is 46.4 Å². The lowest BCUT2D eigenvalue weighted by Gasteiger charge is -2.23. The maximum Gasteiger partial charge on any atom is 0.252 e. The van der Waals surface area contributed by atoms with Crippen molar-refractivity contribution in [3.63, 3.8) is 0 Å². The van der Waals surface area contributed by atoms with E-state index in [1.165, 1.54) is 24.3 Å². The molecule has 0 saturated carbocycles. The van der Waals surface area contributed by atoms with Crippen molar-refractivity contribution in [1.82, 2.24) is 5.32 Å². The quantitative estimate of drug-likeness (QED) is 0.838. The highest BCUT2D eigenvalue weighted by Crippen LogP contribution is 2.33. The predicted molar refractivity (Wildman–Crippen MR) is 77.8 cm³/mol. The monoisotopic (exact) mass is 363 g/mol. The Hall–Kier alpha value is -0.200. The first-order chi connectivity index (χ1) is 8.51. The lowest BCUT2D eigenvalue weighted by Crippen LogP contribution is -2.48. The normalized spacial score (nSPS) is 13.9. The fourth-order valence-corrected chi connectivity index (χ4v) is 3.79. The van der Waals surface area contributed by atoms with E-state index in [1.54, 1.807) is 0 Å². The second-order valence-corrected chi connectivity index (χ2v) is 8.67. The van der Waals surface area contributed by atoms with Crippen molar-refractivity contribution < 1.29 is 13.2 Å². The Morgan fingerprint density at radius 2 is 1.68 bits per heavy atom. The molecule has 0 aromatic heterocycles. The Morgan fingerprint density at radius 3 is 2.05 bits per heavy atom. The van der Waals surface area contributed by atoms with Gasteiger partial charge in [0.2, 0.25) is 3.79 Å². The van der Waals surface area contributed by atoms with E-state index in [-0.39, 0.29) is 5.56 Å². The van der Waals surface area contributed by atoms with Crippen molar-refractivity contribution in [3.05, 3.63) is 34.9 Å². The molecule has 19 heavy (non-hydrogen) atoms. The maximum absolute atomic E-state index is 11.9. The van der Waals surface area contributed by atoms with Crippen LogP contribution in [-0.2, 0) is 9.84 Å². The molecule has 0 aliphatic carbocycles. The first-order valence-corrected chi connectivity index (χ1v) is 8.30. The van der Waals surface area contributed by atoms with Crippen molar-refractivity contribution >= 4 is 62.1 Å². The third kappa shape index (κ3) is 5.00. The molecule has 0 bridgehead atoms. The summed E-state index contributed by atoms with van der Waals surface area (Å²) in [6, 6.07) is 5.83. The number of halogens is 4. The fraction of sp³-hybridized carbons (Fsp3) is 0.300. The van der Waals surface area contributed by atoms with Crippen LogP contribution in [0.1, 0.15) is 10.4 Å². The highest BCUT2D eigenvalue weighted by molar-refractivity contribution is 7.91. The number of benzene rings is 1. The lowest BCUT2D eigenvalue weighted by atomic mass is 10.2. The highest BCUT2D eigenvalue weighted by atomic mass is 35.6. The van der Waals surface area contributed by atoms with Crippen LogP contribution < -0.4 is 5.32 Å². The predicted octanol–water partition coefficient (Wildman–Crippen LogP) is 2.81. The molecule has 0 aliphatic rings. The van der Waals surface area contributed by atoms with Gasteiger partial charge in [0.25, 0.3) is 5.91 Å². The summed E-state index contributed by atoms with van der Waals surface area (Å²) >= 11 is 22.3. The minimum absolute atomic E-state index is 0.201. The molecule has 0 saturated heterocycles. The molecule has 1 aromatic rings. The van der Waals surface area contributed by atoms with Gasteiger partial charge in [0.05, 0.1) is 0 Å². The zero-order chi connectivity index (χ0) is 14.8. The Morgan fingerprint density at radius 1 is 1.21 bits per heavy atom. The van der Waals surface area contributed by atoms with Gasteiger partial charge in [0.15, 0.2) is 15.2 Å². The van der Waals surface area contributed by atoms with Gasteiger partial charge in [-0.1, -0.05) is 46.4 Å². The van der Waals surface area contributed by atoms with E-state index < -0.39 is 24.9 Å². The summed E-state index contributed by atoms with van der Waals surface area (Å²) in [5, 5.41) is 0.964. The van der Waals surface area contributed by atoms with Crippen LogP contribution in [0.5, 0.6) is 0 Å². The molecule has 0 aliphatic heterocycles. The molecule has 0 unspecified atom stereocenters. The minimum Gasteiger partial charge on any atom is -0.332 e. The Bertz CT molecular complexity index is 565. The summed E-state index contributed by atoms with van der Waals surface area (Å²) < 4.78 is 20.8. The van der Waals surface area contributed by atoms with Gasteiger partial charge < -0.3 is 5.32 Å². The summed E-state index contributed by atoms with van der Waals surface area (Å²) in [6.07, 6.45) is 0.863. The van der Waals surface area contributed by atoms with Crippen molar-refractivity contribution in [3.8, 4) is 0 Å². The lowest BCUT2D eigenvalue weighted by molar-refractivity contribution is 0.0948. The van der Waals surface area contributed by atoms with E-state index in [1.807, 2.05) is 0 Å². The molecule has 0 fully saturated rings. The molecule has 1 N–H and O–H groups in total. The molecule has 1 aromatic carbocycles. The molecule has 106 valence electrons. The third-order valence-electron chi connectivity index (χ3n) is 2.09. The number of carbonyl (C=O) groups excluding carboxylic acids is 1. The highest BCUT2D eigenvalue weighted by Gasteiger charge is 2.41. The minimum atomic E-state index is -3.79. The Labute approximate surface area is 130 Å². The van der Waals surface area contributed by atoms with Gasteiger partial charge in [0.1, 0.15) is 0 Å². The molecule has 1 rings (SSSR count). The van der Waals surface area contributed by atoms with Gasteiger partial charge in [0, 0.05) is 16.8 Å². The molecular formula is C10H9Cl4NO3S. The summed E-state index contributed by atoms with van der Waals surface area (Å²) in [5.74, 6) is -0.682. The summed E-state index contributed by atoms with van der Waals surface area (Å²) in [5.41, 5.74) is 0.201. The molecule has 1 amide bonds. The average Bonchev–Trinajstić information content (AvgIpc) is 2.23. The number of sulfone groups is 1. The fourth-order valence-electron chi connectivity index (χ4n) is 1.24.